The predicted molar refractivity (Wildman–Crippen MR) is 137 cm³/mol. The molecular weight excluding hydrogens is 389 g/mol. The number of benzene rings is 1. The molecule has 0 fully saturated rings. The molecule has 0 aliphatic heterocycles. The summed E-state index contributed by atoms with van der Waals surface area (Å²) >= 11 is 0. The van der Waals surface area contributed by atoms with E-state index in [-0.39, 0.29) is 11.6 Å². The number of carbonyl (C=O) groups excluding carboxylic acids is 1. The van der Waals surface area contributed by atoms with Gasteiger partial charge in [0.05, 0.1) is 0 Å². The molecule has 0 aliphatic carbocycles. The SMILES string of the molecule is CCCC[PH](CCCC)(CCCC)C(CCC)C(=O)Nc1c(C)cc(OC)cc1C. The van der Waals surface area contributed by atoms with Gasteiger partial charge in [-0.1, -0.05) is 0 Å². The van der Waals surface area contributed by atoms with E-state index in [9.17, 15) is 4.79 Å². The Morgan fingerprint density at radius 1 is 0.900 bits per heavy atom. The van der Waals surface area contributed by atoms with Crippen LogP contribution in [0.5, 0.6) is 5.75 Å². The first-order valence-corrected chi connectivity index (χ1v) is 15.0. The van der Waals surface area contributed by atoms with E-state index in [1.54, 1.807) is 7.11 Å². The molecule has 30 heavy (non-hydrogen) atoms. The molecule has 0 saturated carbocycles. The zero-order valence-corrected chi connectivity index (χ0v) is 21.8. The number of unbranched alkanes of at least 4 members (excludes halogenated alkanes) is 3. The van der Waals surface area contributed by atoms with Crippen molar-refractivity contribution in [3.05, 3.63) is 23.3 Å². The monoisotopic (exact) mass is 437 g/mol. The fourth-order valence-corrected chi connectivity index (χ4v) is 11.4. The van der Waals surface area contributed by atoms with E-state index in [2.05, 4.69) is 46.9 Å². The first kappa shape index (κ1) is 27.0. The molecule has 3 nitrogen and oxygen atoms in total. The molecule has 0 radical (unpaired) electrons. The normalized spacial score (nSPS) is 13.2. The second-order valence-electron chi connectivity index (χ2n) is 9.14. The van der Waals surface area contributed by atoms with Crippen LogP contribution in [0.2, 0.25) is 0 Å². The molecule has 0 spiro atoms. The molecule has 1 aromatic rings. The van der Waals surface area contributed by atoms with Crippen LogP contribution in [0.15, 0.2) is 12.1 Å². The Hall–Kier alpha value is -1.08. The third-order valence-corrected chi connectivity index (χ3v) is 12.8. The van der Waals surface area contributed by atoms with E-state index in [4.69, 9.17) is 4.74 Å². The predicted octanol–water partition coefficient (Wildman–Crippen LogP) is 7.57. The number of amides is 1. The fraction of sp³-hybridized carbons (Fsp3) is 0.731. The molecule has 1 atom stereocenters. The van der Waals surface area contributed by atoms with Crippen molar-refractivity contribution < 1.29 is 9.53 Å². The molecule has 1 unspecified atom stereocenters. The number of hydrogen-bond donors (Lipinski definition) is 1. The van der Waals surface area contributed by atoms with Gasteiger partial charge >= 0.3 is 187 Å². The molecule has 4 heteroatoms. The minimum atomic E-state index is -1.72. The summed E-state index contributed by atoms with van der Waals surface area (Å²) < 4.78 is 5.40. The number of ether oxygens (including phenoxy) is 1. The van der Waals surface area contributed by atoms with Crippen molar-refractivity contribution in [1.29, 1.82) is 0 Å². The van der Waals surface area contributed by atoms with Crippen LogP contribution in [-0.2, 0) is 4.79 Å². The third-order valence-electron chi connectivity index (χ3n) is 6.71. The Labute approximate surface area is 187 Å². The van der Waals surface area contributed by atoms with Gasteiger partial charge in [0.25, 0.3) is 0 Å². The van der Waals surface area contributed by atoms with Crippen molar-refractivity contribution in [2.24, 2.45) is 0 Å². The summed E-state index contributed by atoms with van der Waals surface area (Å²) in [5.74, 6) is 1.13. The molecule has 1 N–H and O–H groups in total. The van der Waals surface area contributed by atoms with Crippen molar-refractivity contribution in [2.75, 3.05) is 30.9 Å². The van der Waals surface area contributed by atoms with Crippen molar-refractivity contribution >= 4 is 18.9 Å². The second-order valence-corrected chi connectivity index (χ2v) is 14.1. The van der Waals surface area contributed by atoms with Crippen molar-refractivity contribution in [1.82, 2.24) is 0 Å². The molecule has 1 amide bonds. The molecule has 1 aromatic carbocycles. The maximum atomic E-state index is 13.8. The second kappa shape index (κ2) is 14.1. The quantitative estimate of drug-likeness (QED) is 0.287. The molecule has 0 bridgehead atoms. The molecule has 0 aromatic heterocycles. The Morgan fingerprint density at radius 3 is 1.73 bits per heavy atom. The fourth-order valence-electron chi connectivity index (χ4n) is 4.94. The molecule has 1 rings (SSSR count). The average Bonchev–Trinajstić information content (AvgIpc) is 2.74. The van der Waals surface area contributed by atoms with Crippen LogP contribution in [0.4, 0.5) is 5.69 Å². The molecule has 0 saturated heterocycles. The van der Waals surface area contributed by atoms with E-state index < -0.39 is 7.26 Å². The van der Waals surface area contributed by atoms with Crippen molar-refractivity contribution in [2.45, 2.75) is 98.6 Å². The van der Waals surface area contributed by atoms with Crippen molar-refractivity contribution in [3.8, 4) is 5.75 Å². The van der Waals surface area contributed by atoms with Gasteiger partial charge in [-0.2, -0.15) is 0 Å². The van der Waals surface area contributed by atoms with E-state index in [0.717, 1.165) is 35.4 Å². The number of hydrogen-bond acceptors (Lipinski definition) is 2. The average molecular weight is 438 g/mol. The Bertz CT molecular complexity index is 599. The van der Waals surface area contributed by atoms with Crippen LogP contribution in [0.3, 0.4) is 0 Å². The number of nitrogens with one attached hydrogen (secondary N) is 1. The summed E-state index contributed by atoms with van der Waals surface area (Å²) in [6.07, 6.45) is 13.5. The van der Waals surface area contributed by atoms with Gasteiger partial charge in [-0.3, -0.25) is 0 Å². The van der Waals surface area contributed by atoms with Crippen LogP contribution < -0.4 is 10.1 Å². The van der Waals surface area contributed by atoms with E-state index in [1.807, 2.05) is 12.1 Å². The summed E-state index contributed by atoms with van der Waals surface area (Å²) in [5.41, 5.74) is 3.36. The molecule has 0 aliphatic rings. The molecule has 174 valence electrons. The van der Waals surface area contributed by atoms with Crippen LogP contribution in [0.1, 0.15) is 90.2 Å². The number of anilines is 1. The van der Waals surface area contributed by atoms with Gasteiger partial charge in [-0.15, -0.1) is 0 Å². The Kier molecular flexibility index (Phi) is 12.6. The number of methoxy groups -OCH3 is 1. The zero-order chi connectivity index (χ0) is 22.6. The van der Waals surface area contributed by atoms with Gasteiger partial charge in [0, 0.05) is 0 Å². The number of aryl methyl sites for hydroxylation is 2. The maximum absolute atomic E-state index is 13.8. The summed E-state index contributed by atoms with van der Waals surface area (Å²) in [5, 5.41) is 3.39. The van der Waals surface area contributed by atoms with Crippen LogP contribution in [-0.4, -0.2) is 37.2 Å². The van der Waals surface area contributed by atoms with Crippen LogP contribution in [0, 0.1) is 13.8 Å². The van der Waals surface area contributed by atoms with Gasteiger partial charge in [0.1, 0.15) is 0 Å². The number of carbonyl (C=O) groups is 1. The summed E-state index contributed by atoms with van der Waals surface area (Å²) in [6, 6.07) is 4.04. The van der Waals surface area contributed by atoms with Crippen molar-refractivity contribution in [3.63, 3.8) is 0 Å². The zero-order valence-electron chi connectivity index (χ0n) is 20.8. The first-order chi connectivity index (χ1) is 14.4. The van der Waals surface area contributed by atoms with Gasteiger partial charge in [-0.25, -0.2) is 0 Å². The summed E-state index contributed by atoms with van der Waals surface area (Å²) in [4.78, 5) is 13.8. The van der Waals surface area contributed by atoms with Gasteiger partial charge in [0.2, 0.25) is 0 Å². The standard InChI is InChI=1S/C26H48NO2P/c1-8-12-16-30(17-13-9-2,18-14-10-3)24(15-11-4)26(28)27-25-21(5)19-23(29-7)20-22(25)6/h19-20,24,30H,8-18H2,1-7H3,(H,27,28). The minimum absolute atomic E-state index is 0.216. The Morgan fingerprint density at radius 2 is 1.37 bits per heavy atom. The Balaban J connectivity index is 3.28. The van der Waals surface area contributed by atoms with E-state index in [1.165, 1.54) is 57.0 Å². The topological polar surface area (TPSA) is 38.3 Å². The van der Waals surface area contributed by atoms with E-state index >= 15 is 0 Å². The summed E-state index contributed by atoms with van der Waals surface area (Å²) in [7, 11) is -0.0217. The summed E-state index contributed by atoms with van der Waals surface area (Å²) in [6.45, 7) is 13.2. The molecular formula is C26H48NO2P. The van der Waals surface area contributed by atoms with Crippen LogP contribution in [0.25, 0.3) is 0 Å². The van der Waals surface area contributed by atoms with E-state index in [0.29, 0.717) is 0 Å². The van der Waals surface area contributed by atoms with Gasteiger partial charge < -0.3 is 0 Å². The third kappa shape index (κ3) is 7.56. The molecule has 0 heterocycles. The number of rotatable bonds is 15. The van der Waals surface area contributed by atoms with Gasteiger partial charge in [0.15, 0.2) is 0 Å². The first-order valence-electron chi connectivity index (χ1n) is 12.3. The van der Waals surface area contributed by atoms with Gasteiger partial charge in [-0.05, 0) is 0 Å². The van der Waals surface area contributed by atoms with Crippen LogP contribution >= 0.6 is 7.26 Å².